The Morgan fingerprint density at radius 3 is 2.60 bits per heavy atom. The summed E-state index contributed by atoms with van der Waals surface area (Å²) in [5.74, 6) is 0.301. The number of ether oxygens (including phenoxy) is 1. The van der Waals surface area contributed by atoms with Crippen LogP contribution >= 0.6 is 0 Å². The normalized spacial score (nSPS) is 18.1. The first kappa shape index (κ1) is 19.5. The lowest BCUT2D eigenvalue weighted by Gasteiger charge is -2.26. The first-order chi connectivity index (χ1) is 14.4. The molecule has 2 aromatic carbocycles. The van der Waals surface area contributed by atoms with Crippen molar-refractivity contribution in [1.29, 1.82) is 0 Å². The lowest BCUT2D eigenvalue weighted by molar-refractivity contribution is 0.0730. The molecule has 1 saturated heterocycles. The smallest absolute Gasteiger partial charge is 0.243 e. The molecule has 1 aromatic heterocycles. The highest BCUT2D eigenvalue weighted by Gasteiger charge is 2.30. The summed E-state index contributed by atoms with van der Waals surface area (Å²) in [5, 5.41) is 8.70. The van der Waals surface area contributed by atoms with Gasteiger partial charge in [0.05, 0.1) is 29.7 Å². The van der Waals surface area contributed by atoms with Gasteiger partial charge in [0.1, 0.15) is 5.82 Å². The van der Waals surface area contributed by atoms with Crippen LogP contribution in [0.2, 0.25) is 0 Å². The van der Waals surface area contributed by atoms with Crippen molar-refractivity contribution >= 4 is 32.4 Å². The summed E-state index contributed by atoms with van der Waals surface area (Å²) in [7, 11) is -3.61. The molecule has 9 heteroatoms. The molecule has 7 nitrogen and oxygen atoms in total. The number of sulfonamides is 1. The molecule has 0 unspecified atom stereocenters. The van der Waals surface area contributed by atoms with E-state index in [1.54, 1.807) is 31.2 Å². The van der Waals surface area contributed by atoms with Crippen LogP contribution in [0.1, 0.15) is 24.4 Å². The van der Waals surface area contributed by atoms with Crippen molar-refractivity contribution in [2.75, 3.05) is 31.6 Å². The van der Waals surface area contributed by atoms with Crippen molar-refractivity contribution in [3.05, 3.63) is 47.8 Å². The summed E-state index contributed by atoms with van der Waals surface area (Å²) in [4.78, 5) is 0.241. The summed E-state index contributed by atoms with van der Waals surface area (Å²) >= 11 is 0. The number of aryl methyl sites for hydroxylation is 1. The van der Waals surface area contributed by atoms with E-state index in [1.165, 1.54) is 10.4 Å². The Bertz CT molecular complexity index is 1210. The molecular weight excluding hydrogens is 407 g/mol. The SMILES string of the molecule is Cc1cc(Nc2nn(C3CC3)c3ccc(S(=O)(=O)N4CCOCC4)cc23)ccc1F. The summed E-state index contributed by atoms with van der Waals surface area (Å²) in [6.45, 7) is 3.20. The highest BCUT2D eigenvalue weighted by atomic mass is 32.2. The number of anilines is 2. The molecule has 0 radical (unpaired) electrons. The van der Waals surface area contributed by atoms with E-state index in [2.05, 4.69) is 5.32 Å². The number of rotatable bonds is 5. The van der Waals surface area contributed by atoms with Crippen molar-refractivity contribution in [3.8, 4) is 0 Å². The second-order valence-corrected chi connectivity index (χ2v) is 9.75. The maximum atomic E-state index is 13.6. The van der Waals surface area contributed by atoms with Gasteiger partial charge in [0.15, 0.2) is 5.82 Å². The van der Waals surface area contributed by atoms with Gasteiger partial charge in [0.25, 0.3) is 0 Å². The van der Waals surface area contributed by atoms with Gasteiger partial charge in [0, 0.05) is 24.2 Å². The summed E-state index contributed by atoms with van der Waals surface area (Å²) in [6.07, 6.45) is 2.11. The summed E-state index contributed by atoms with van der Waals surface area (Å²) in [5.41, 5.74) is 2.12. The van der Waals surface area contributed by atoms with Crippen LogP contribution in [0.4, 0.5) is 15.9 Å². The minimum atomic E-state index is -3.61. The molecule has 0 atom stereocenters. The van der Waals surface area contributed by atoms with E-state index in [-0.39, 0.29) is 10.7 Å². The Kier molecular flexibility index (Phi) is 4.76. The molecule has 1 N–H and O–H groups in total. The van der Waals surface area contributed by atoms with Crippen LogP contribution in [0.3, 0.4) is 0 Å². The lowest BCUT2D eigenvalue weighted by Crippen LogP contribution is -2.40. The molecule has 1 aliphatic carbocycles. The average molecular weight is 431 g/mol. The number of halogens is 1. The Hall–Kier alpha value is -2.49. The monoisotopic (exact) mass is 430 g/mol. The van der Waals surface area contributed by atoms with Crippen LogP contribution < -0.4 is 5.32 Å². The van der Waals surface area contributed by atoms with Crippen LogP contribution in [-0.2, 0) is 14.8 Å². The van der Waals surface area contributed by atoms with Crippen molar-refractivity contribution in [2.24, 2.45) is 0 Å². The zero-order valence-electron chi connectivity index (χ0n) is 16.6. The van der Waals surface area contributed by atoms with Gasteiger partial charge < -0.3 is 10.1 Å². The maximum absolute atomic E-state index is 13.6. The molecule has 0 spiro atoms. The summed E-state index contributed by atoms with van der Waals surface area (Å²) in [6, 6.07) is 10.3. The van der Waals surface area contributed by atoms with Crippen LogP contribution in [0, 0.1) is 12.7 Å². The third-order valence-electron chi connectivity index (χ3n) is 5.60. The predicted octanol–water partition coefficient (Wildman–Crippen LogP) is 3.58. The number of aromatic nitrogens is 2. The van der Waals surface area contributed by atoms with E-state index in [0.717, 1.165) is 23.7 Å². The molecule has 2 heterocycles. The fourth-order valence-electron chi connectivity index (χ4n) is 3.77. The molecule has 5 rings (SSSR count). The number of hydrogen-bond acceptors (Lipinski definition) is 5. The summed E-state index contributed by atoms with van der Waals surface area (Å²) < 4.78 is 48.6. The van der Waals surface area contributed by atoms with Gasteiger partial charge >= 0.3 is 0 Å². The van der Waals surface area contributed by atoms with Crippen LogP contribution in [-0.4, -0.2) is 48.8 Å². The molecule has 1 saturated carbocycles. The third-order valence-corrected chi connectivity index (χ3v) is 7.49. The van der Waals surface area contributed by atoms with E-state index >= 15 is 0 Å². The van der Waals surface area contributed by atoms with Gasteiger partial charge in [0.2, 0.25) is 10.0 Å². The van der Waals surface area contributed by atoms with Gasteiger partial charge in [-0.2, -0.15) is 9.40 Å². The number of nitrogens with one attached hydrogen (secondary N) is 1. The molecule has 2 fully saturated rings. The van der Waals surface area contributed by atoms with E-state index in [9.17, 15) is 12.8 Å². The Labute approximate surface area is 174 Å². The molecule has 158 valence electrons. The fourth-order valence-corrected chi connectivity index (χ4v) is 5.20. The van der Waals surface area contributed by atoms with Crippen molar-refractivity contribution in [2.45, 2.75) is 30.7 Å². The molecule has 0 amide bonds. The lowest BCUT2D eigenvalue weighted by atomic mass is 10.2. The Balaban J connectivity index is 1.57. The Morgan fingerprint density at radius 2 is 1.90 bits per heavy atom. The van der Waals surface area contributed by atoms with Crippen molar-refractivity contribution in [3.63, 3.8) is 0 Å². The van der Waals surface area contributed by atoms with Crippen molar-refractivity contribution < 1.29 is 17.5 Å². The first-order valence-electron chi connectivity index (χ1n) is 10.1. The minimum absolute atomic E-state index is 0.241. The second kappa shape index (κ2) is 7.33. The molecular formula is C21H23FN4O3S. The second-order valence-electron chi connectivity index (χ2n) is 7.81. The van der Waals surface area contributed by atoms with E-state index < -0.39 is 10.0 Å². The van der Waals surface area contributed by atoms with E-state index in [0.29, 0.717) is 49.4 Å². The van der Waals surface area contributed by atoms with Crippen molar-refractivity contribution in [1.82, 2.24) is 14.1 Å². The zero-order chi connectivity index (χ0) is 20.9. The van der Waals surface area contributed by atoms with Crippen LogP contribution in [0.15, 0.2) is 41.3 Å². The number of nitrogens with zero attached hydrogens (tertiary/aromatic N) is 3. The standard InChI is InChI=1S/C21H23FN4O3S/c1-14-12-15(2-6-19(14)22)23-21-18-13-17(30(27,28)25-8-10-29-11-9-25)5-7-20(18)26(24-21)16-3-4-16/h2,5-7,12-13,16H,3-4,8-11H2,1H3,(H,23,24). The quantitative estimate of drug-likeness (QED) is 0.670. The number of fused-ring (bicyclic) bond motifs is 1. The largest absolute Gasteiger partial charge is 0.379 e. The van der Waals surface area contributed by atoms with Gasteiger partial charge in [-0.25, -0.2) is 12.8 Å². The average Bonchev–Trinajstić information content (AvgIpc) is 3.54. The highest BCUT2D eigenvalue weighted by molar-refractivity contribution is 7.89. The molecule has 30 heavy (non-hydrogen) atoms. The highest BCUT2D eigenvalue weighted by Crippen LogP contribution is 2.40. The van der Waals surface area contributed by atoms with Gasteiger partial charge in [-0.3, -0.25) is 4.68 Å². The predicted molar refractivity (Wildman–Crippen MR) is 112 cm³/mol. The van der Waals surface area contributed by atoms with Gasteiger partial charge in [-0.15, -0.1) is 0 Å². The fraction of sp³-hybridized carbons (Fsp3) is 0.381. The number of hydrogen-bond donors (Lipinski definition) is 1. The molecule has 3 aromatic rings. The maximum Gasteiger partial charge on any atom is 0.243 e. The molecule has 1 aliphatic heterocycles. The van der Waals surface area contributed by atoms with Gasteiger partial charge in [-0.1, -0.05) is 0 Å². The Morgan fingerprint density at radius 1 is 1.13 bits per heavy atom. The molecule has 0 bridgehead atoms. The minimum Gasteiger partial charge on any atom is -0.379 e. The van der Waals surface area contributed by atoms with Gasteiger partial charge in [-0.05, 0) is 61.7 Å². The topological polar surface area (TPSA) is 76.5 Å². The zero-order valence-corrected chi connectivity index (χ0v) is 17.5. The number of benzene rings is 2. The van der Waals surface area contributed by atoms with Crippen LogP contribution in [0.25, 0.3) is 10.9 Å². The van der Waals surface area contributed by atoms with E-state index in [4.69, 9.17) is 9.84 Å². The molecule has 2 aliphatic rings. The number of morpholine rings is 1. The third kappa shape index (κ3) is 3.46. The first-order valence-corrected chi connectivity index (χ1v) is 11.5. The van der Waals surface area contributed by atoms with E-state index in [1.807, 2.05) is 10.7 Å². The van der Waals surface area contributed by atoms with Crippen LogP contribution in [0.5, 0.6) is 0 Å².